The molecule has 5 heteroatoms. The highest BCUT2D eigenvalue weighted by Gasteiger charge is 2.01. The second kappa shape index (κ2) is 2.03. The molecule has 3 N–H and O–H groups in total. The largest absolute Gasteiger partial charge is 0.226 e. The quantitative estimate of drug-likeness (QED) is 0.351. The standard InChI is InChI=1S/CH5IN4/c2-6-1-3-4-5-6/h3-5H,1H2. The molecule has 0 aromatic rings. The monoisotopic (exact) mass is 200 g/mol. The van der Waals surface area contributed by atoms with E-state index in [2.05, 4.69) is 39.4 Å². The van der Waals surface area contributed by atoms with Crippen LogP contribution in [0.25, 0.3) is 0 Å². The molecule has 0 unspecified atom stereocenters. The van der Waals surface area contributed by atoms with Gasteiger partial charge in [0.2, 0.25) is 0 Å². The van der Waals surface area contributed by atoms with Crippen LogP contribution in [0.5, 0.6) is 0 Å². The minimum absolute atomic E-state index is 0.834. The van der Waals surface area contributed by atoms with Gasteiger partial charge in [0.15, 0.2) is 0 Å². The third-order valence-electron chi connectivity index (χ3n) is 0.483. The number of hydrogen-bond donors (Lipinski definition) is 3. The number of halogens is 1. The number of hydrazine groups is 3. The predicted molar refractivity (Wildman–Crippen MR) is 30.1 cm³/mol. The topological polar surface area (TPSA) is 39.3 Å². The zero-order valence-corrected chi connectivity index (χ0v) is 5.19. The summed E-state index contributed by atoms with van der Waals surface area (Å²) in [7, 11) is 0. The normalized spacial score (nSPS) is 25.5. The van der Waals surface area contributed by atoms with Crippen molar-refractivity contribution in [1.29, 1.82) is 0 Å². The fraction of sp³-hybridized carbons (Fsp3) is 1.00. The lowest BCUT2D eigenvalue weighted by atomic mass is 11.2. The molecule has 0 aliphatic carbocycles. The first-order chi connectivity index (χ1) is 2.89. The molecule has 0 spiro atoms. The summed E-state index contributed by atoms with van der Waals surface area (Å²) in [5.41, 5.74) is 8.30. The summed E-state index contributed by atoms with van der Waals surface area (Å²) in [5.74, 6) is 0. The molecule has 4 nitrogen and oxygen atoms in total. The van der Waals surface area contributed by atoms with Crippen molar-refractivity contribution in [3.05, 3.63) is 0 Å². The Hall–Kier alpha value is 0.570. The van der Waals surface area contributed by atoms with Crippen LogP contribution in [0.1, 0.15) is 0 Å². The average molecular weight is 200 g/mol. The SMILES string of the molecule is IN1CNNN1. The van der Waals surface area contributed by atoms with Crippen LogP contribution >= 0.6 is 22.9 Å². The first kappa shape index (κ1) is 4.72. The molecule has 1 fully saturated rings. The van der Waals surface area contributed by atoms with E-state index in [1.807, 2.05) is 3.22 Å². The van der Waals surface area contributed by atoms with Gasteiger partial charge >= 0.3 is 0 Å². The van der Waals surface area contributed by atoms with Gasteiger partial charge in [-0.3, -0.25) is 0 Å². The van der Waals surface area contributed by atoms with Crippen LogP contribution in [0.4, 0.5) is 0 Å². The molecular formula is CH5IN4. The molecule has 36 valence electrons. The summed E-state index contributed by atoms with van der Waals surface area (Å²) in [5, 5.41) is 0. The Morgan fingerprint density at radius 2 is 2.50 bits per heavy atom. The van der Waals surface area contributed by atoms with Crippen LogP contribution in [0.3, 0.4) is 0 Å². The van der Waals surface area contributed by atoms with Crippen LogP contribution in [-0.2, 0) is 0 Å². The Balaban J connectivity index is 2.18. The minimum atomic E-state index is 0.834. The Bertz CT molecular complexity index is 40.8. The van der Waals surface area contributed by atoms with Crippen LogP contribution in [-0.4, -0.2) is 9.89 Å². The van der Waals surface area contributed by atoms with Crippen molar-refractivity contribution in [3.8, 4) is 0 Å². The van der Waals surface area contributed by atoms with Gasteiger partial charge in [0.25, 0.3) is 0 Å². The highest BCUT2D eigenvalue weighted by Crippen LogP contribution is 1.88. The van der Waals surface area contributed by atoms with Crippen LogP contribution in [0, 0.1) is 0 Å². The predicted octanol–water partition coefficient (Wildman–Crippen LogP) is -0.877. The van der Waals surface area contributed by atoms with Crippen molar-refractivity contribution in [2.24, 2.45) is 0 Å². The van der Waals surface area contributed by atoms with Crippen LogP contribution < -0.4 is 16.5 Å². The third-order valence-corrected chi connectivity index (χ3v) is 1.07. The van der Waals surface area contributed by atoms with Gasteiger partial charge in [0, 0.05) is 22.9 Å². The van der Waals surface area contributed by atoms with Crippen molar-refractivity contribution in [2.45, 2.75) is 0 Å². The Morgan fingerprint density at radius 1 is 1.67 bits per heavy atom. The third kappa shape index (κ3) is 1.02. The average Bonchev–Trinajstić information content (AvgIpc) is 1.86. The molecule has 0 aromatic heterocycles. The molecule has 1 saturated heterocycles. The van der Waals surface area contributed by atoms with E-state index >= 15 is 0 Å². The van der Waals surface area contributed by atoms with E-state index in [4.69, 9.17) is 0 Å². The molecule has 1 rings (SSSR count). The van der Waals surface area contributed by atoms with Gasteiger partial charge < -0.3 is 0 Å². The smallest absolute Gasteiger partial charge is 0.0884 e. The summed E-state index contributed by atoms with van der Waals surface area (Å²) >= 11 is 2.13. The molecule has 0 atom stereocenters. The Morgan fingerprint density at radius 3 is 2.67 bits per heavy atom. The lowest BCUT2D eigenvalue weighted by Crippen LogP contribution is -2.32. The van der Waals surface area contributed by atoms with Gasteiger partial charge in [-0.25, -0.2) is 5.43 Å². The molecule has 0 aromatic carbocycles. The van der Waals surface area contributed by atoms with Gasteiger partial charge in [-0.2, -0.15) is 14.3 Å². The maximum absolute atomic E-state index is 2.83. The summed E-state index contributed by atoms with van der Waals surface area (Å²) in [4.78, 5) is 0. The first-order valence-electron chi connectivity index (χ1n) is 1.56. The molecule has 0 radical (unpaired) electrons. The Kier molecular flexibility index (Phi) is 1.60. The maximum Gasteiger partial charge on any atom is 0.0884 e. The highest BCUT2D eigenvalue weighted by molar-refractivity contribution is 14.1. The van der Waals surface area contributed by atoms with E-state index in [0.29, 0.717) is 0 Å². The lowest BCUT2D eigenvalue weighted by Gasteiger charge is -1.96. The second-order valence-corrected chi connectivity index (χ2v) is 2.10. The number of hydrogen-bond acceptors (Lipinski definition) is 4. The van der Waals surface area contributed by atoms with Crippen LogP contribution in [0.15, 0.2) is 0 Å². The lowest BCUT2D eigenvalue weighted by molar-refractivity contribution is 0.448. The van der Waals surface area contributed by atoms with Crippen molar-refractivity contribution >= 4 is 22.9 Å². The molecule has 0 saturated carbocycles. The van der Waals surface area contributed by atoms with Crippen molar-refractivity contribution in [1.82, 2.24) is 19.7 Å². The Labute approximate surface area is 49.7 Å². The second-order valence-electron chi connectivity index (χ2n) is 0.934. The fourth-order valence-corrected chi connectivity index (χ4v) is 0.540. The molecule has 1 heterocycles. The van der Waals surface area contributed by atoms with E-state index in [0.717, 1.165) is 6.67 Å². The van der Waals surface area contributed by atoms with Crippen LogP contribution in [0.2, 0.25) is 0 Å². The van der Waals surface area contributed by atoms with Crippen molar-refractivity contribution < 1.29 is 0 Å². The molecule has 1 aliphatic rings. The van der Waals surface area contributed by atoms with E-state index in [1.54, 1.807) is 0 Å². The zero-order chi connectivity index (χ0) is 4.41. The van der Waals surface area contributed by atoms with Crippen molar-refractivity contribution in [2.75, 3.05) is 6.67 Å². The molecule has 0 amide bonds. The van der Waals surface area contributed by atoms with Gasteiger partial charge in [0.1, 0.15) is 0 Å². The van der Waals surface area contributed by atoms with Crippen molar-refractivity contribution in [3.63, 3.8) is 0 Å². The summed E-state index contributed by atoms with van der Waals surface area (Å²) < 4.78 is 1.86. The number of nitrogens with one attached hydrogen (secondary N) is 3. The highest BCUT2D eigenvalue weighted by atomic mass is 127. The maximum atomic E-state index is 2.83. The number of nitrogens with zero attached hydrogens (tertiary/aromatic N) is 1. The zero-order valence-electron chi connectivity index (χ0n) is 3.03. The first-order valence-corrected chi connectivity index (χ1v) is 2.53. The van der Waals surface area contributed by atoms with E-state index in [9.17, 15) is 0 Å². The summed E-state index contributed by atoms with van der Waals surface area (Å²) in [6.07, 6.45) is 0. The number of rotatable bonds is 0. The van der Waals surface area contributed by atoms with Gasteiger partial charge in [-0.15, -0.1) is 0 Å². The van der Waals surface area contributed by atoms with Gasteiger partial charge in [-0.05, 0) is 0 Å². The van der Waals surface area contributed by atoms with Gasteiger partial charge in [-0.1, -0.05) is 0 Å². The van der Waals surface area contributed by atoms with E-state index < -0.39 is 0 Å². The summed E-state index contributed by atoms with van der Waals surface area (Å²) in [6, 6.07) is 0. The minimum Gasteiger partial charge on any atom is -0.226 e. The van der Waals surface area contributed by atoms with E-state index in [1.165, 1.54) is 0 Å². The molecule has 6 heavy (non-hydrogen) atoms. The summed E-state index contributed by atoms with van der Waals surface area (Å²) in [6.45, 7) is 0.834. The van der Waals surface area contributed by atoms with E-state index in [-0.39, 0.29) is 0 Å². The molecule has 0 bridgehead atoms. The molecular weight excluding hydrogens is 195 g/mol. The molecule has 1 aliphatic heterocycles. The van der Waals surface area contributed by atoms with Gasteiger partial charge in [0.05, 0.1) is 6.67 Å². The fourth-order valence-electron chi connectivity index (χ4n) is 0.249.